The smallest absolute Gasteiger partial charge is 0.275 e. The van der Waals surface area contributed by atoms with Gasteiger partial charge in [-0.25, -0.2) is 4.98 Å². The Balaban J connectivity index is 1.14. The zero-order valence-electron chi connectivity index (χ0n) is 20.6. The van der Waals surface area contributed by atoms with Crippen molar-refractivity contribution in [2.75, 3.05) is 36.4 Å². The van der Waals surface area contributed by atoms with Crippen molar-refractivity contribution < 1.29 is 9.59 Å². The Morgan fingerprint density at radius 3 is 2.58 bits per heavy atom. The molecule has 0 bridgehead atoms. The average molecular weight is 504 g/mol. The normalized spacial score (nSPS) is 16.7. The van der Waals surface area contributed by atoms with Gasteiger partial charge in [-0.2, -0.15) is 0 Å². The van der Waals surface area contributed by atoms with Crippen molar-refractivity contribution in [2.24, 2.45) is 0 Å². The van der Waals surface area contributed by atoms with Gasteiger partial charge in [0.1, 0.15) is 5.69 Å². The quantitative estimate of drug-likeness (QED) is 0.484. The molecule has 0 atom stereocenters. The molecule has 2 aliphatic rings. The predicted molar refractivity (Wildman–Crippen MR) is 144 cm³/mol. The Morgan fingerprint density at radius 2 is 1.81 bits per heavy atom. The minimum Gasteiger partial charge on any atom is -0.370 e. The molecule has 1 N–H and O–H groups in total. The number of rotatable bonds is 7. The highest BCUT2D eigenvalue weighted by Crippen LogP contribution is 2.32. The lowest BCUT2D eigenvalue weighted by Gasteiger charge is -2.31. The Morgan fingerprint density at radius 1 is 1.00 bits per heavy atom. The van der Waals surface area contributed by atoms with Gasteiger partial charge < -0.3 is 15.1 Å². The van der Waals surface area contributed by atoms with Gasteiger partial charge in [0.15, 0.2) is 0 Å². The Hall–Kier alpha value is -3.26. The van der Waals surface area contributed by atoms with Gasteiger partial charge in [-0.3, -0.25) is 14.6 Å². The van der Waals surface area contributed by atoms with Gasteiger partial charge >= 0.3 is 0 Å². The highest BCUT2D eigenvalue weighted by molar-refractivity contribution is 7.10. The van der Waals surface area contributed by atoms with Crippen LogP contribution in [0.2, 0.25) is 0 Å². The van der Waals surface area contributed by atoms with Crippen molar-refractivity contribution in [1.29, 1.82) is 0 Å². The molecule has 5 rings (SSSR count). The summed E-state index contributed by atoms with van der Waals surface area (Å²) in [5, 5.41) is 5.95. The first kappa shape index (κ1) is 24.4. The third-order valence-electron chi connectivity index (χ3n) is 7.15. The van der Waals surface area contributed by atoms with Crippen molar-refractivity contribution >= 4 is 34.5 Å². The molecule has 36 heavy (non-hydrogen) atoms. The molecule has 4 heterocycles. The van der Waals surface area contributed by atoms with E-state index < -0.39 is 0 Å². The number of thiazole rings is 1. The number of hydrogen-bond acceptors (Lipinski definition) is 6. The molecule has 1 aromatic carbocycles. The number of nitrogens with one attached hydrogen (secondary N) is 1. The number of para-hydroxylation sites is 2. The standard InChI is InChI=1S/C28H33N5O2S/c34-26(11-10-21-7-6-14-29-19-21)33-17-12-22(13-18-33)28-31-24(20-36-28)27(35)30-23-8-2-3-9-25(23)32-15-4-1-5-16-32/h2-3,6-9,14,19-20,22H,1,4-5,10-13,15-18H2,(H,30,35). The number of carbonyl (C=O) groups is 2. The van der Waals surface area contributed by atoms with Crippen LogP contribution >= 0.6 is 11.3 Å². The van der Waals surface area contributed by atoms with Crippen LogP contribution in [0.5, 0.6) is 0 Å². The number of anilines is 2. The van der Waals surface area contributed by atoms with E-state index in [-0.39, 0.29) is 11.8 Å². The second-order valence-electron chi connectivity index (χ2n) is 9.61. The van der Waals surface area contributed by atoms with E-state index in [4.69, 9.17) is 4.98 Å². The number of hydrogen-bond donors (Lipinski definition) is 1. The van der Waals surface area contributed by atoms with Gasteiger partial charge in [0, 0.05) is 56.3 Å². The molecule has 2 saturated heterocycles. The van der Waals surface area contributed by atoms with Crippen LogP contribution in [-0.4, -0.2) is 52.9 Å². The lowest BCUT2D eigenvalue weighted by atomic mass is 9.97. The molecule has 2 aliphatic heterocycles. The van der Waals surface area contributed by atoms with E-state index in [2.05, 4.69) is 21.3 Å². The first-order valence-electron chi connectivity index (χ1n) is 12.9. The average Bonchev–Trinajstić information content (AvgIpc) is 3.44. The summed E-state index contributed by atoms with van der Waals surface area (Å²) >= 11 is 1.55. The van der Waals surface area contributed by atoms with E-state index in [1.807, 2.05) is 46.8 Å². The summed E-state index contributed by atoms with van der Waals surface area (Å²) in [5.41, 5.74) is 3.49. The number of pyridine rings is 1. The highest BCUT2D eigenvalue weighted by atomic mass is 32.1. The van der Waals surface area contributed by atoms with E-state index >= 15 is 0 Å². The number of likely N-dealkylation sites (tertiary alicyclic amines) is 1. The molecule has 188 valence electrons. The largest absolute Gasteiger partial charge is 0.370 e. The lowest BCUT2D eigenvalue weighted by Crippen LogP contribution is -2.38. The third-order valence-corrected chi connectivity index (χ3v) is 8.16. The van der Waals surface area contributed by atoms with Crippen molar-refractivity contribution in [1.82, 2.24) is 14.9 Å². The summed E-state index contributed by atoms with van der Waals surface area (Å²) in [6, 6.07) is 11.9. The zero-order chi connectivity index (χ0) is 24.7. The third kappa shape index (κ3) is 5.93. The van der Waals surface area contributed by atoms with E-state index in [1.54, 1.807) is 17.5 Å². The molecule has 0 saturated carbocycles. The maximum absolute atomic E-state index is 13.0. The van der Waals surface area contributed by atoms with Crippen LogP contribution in [0, 0.1) is 0 Å². The number of amides is 2. The van der Waals surface area contributed by atoms with Gasteiger partial charge in [-0.15, -0.1) is 11.3 Å². The molecule has 2 fully saturated rings. The Labute approximate surface area is 216 Å². The van der Waals surface area contributed by atoms with Crippen molar-refractivity contribution in [3.63, 3.8) is 0 Å². The van der Waals surface area contributed by atoms with Gasteiger partial charge in [0.2, 0.25) is 5.91 Å². The Kier molecular flexibility index (Phi) is 7.91. The zero-order valence-corrected chi connectivity index (χ0v) is 21.4. The van der Waals surface area contributed by atoms with Gasteiger partial charge in [0.25, 0.3) is 5.91 Å². The lowest BCUT2D eigenvalue weighted by molar-refractivity contribution is -0.132. The van der Waals surface area contributed by atoms with Crippen LogP contribution in [-0.2, 0) is 11.2 Å². The molecule has 3 aromatic rings. The number of nitrogens with zero attached hydrogens (tertiary/aromatic N) is 4. The van der Waals surface area contributed by atoms with Crippen molar-refractivity contribution in [3.8, 4) is 0 Å². The summed E-state index contributed by atoms with van der Waals surface area (Å²) in [6.07, 6.45) is 10.2. The number of aryl methyl sites for hydroxylation is 1. The minimum absolute atomic E-state index is 0.162. The number of piperidine rings is 2. The van der Waals surface area contributed by atoms with Crippen molar-refractivity contribution in [2.45, 2.75) is 50.9 Å². The second-order valence-corrected chi connectivity index (χ2v) is 10.5. The number of aromatic nitrogens is 2. The fourth-order valence-corrected chi connectivity index (χ4v) is 6.06. The van der Waals surface area contributed by atoms with Crippen LogP contribution in [0.3, 0.4) is 0 Å². The van der Waals surface area contributed by atoms with E-state index in [9.17, 15) is 9.59 Å². The van der Waals surface area contributed by atoms with Crippen LogP contribution in [0.15, 0.2) is 54.2 Å². The van der Waals surface area contributed by atoms with Gasteiger partial charge in [-0.05, 0) is 62.3 Å². The maximum Gasteiger partial charge on any atom is 0.275 e. The molecule has 0 aliphatic carbocycles. The van der Waals surface area contributed by atoms with E-state index in [0.29, 0.717) is 18.0 Å². The fourth-order valence-electron chi connectivity index (χ4n) is 5.09. The number of carbonyl (C=O) groups excluding carboxylic acids is 2. The van der Waals surface area contributed by atoms with Crippen LogP contribution in [0.25, 0.3) is 0 Å². The first-order chi connectivity index (χ1) is 17.7. The Bertz CT molecular complexity index is 1170. The molecule has 0 unspecified atom stereocenters. The fraction of sp³-hybridized carbons (Fsp3) is 0.429. The molecule has 0 spiro atoms. The van der Waals surface area contributed by atoms with Gasteiger partial charge in [0.05, 0.1) is 16.4 Å². The van der Waals surface area contributed by atoms with E-state index in [1.165, 1.54) is 19.3 Å². The molecular weight excluding hydrogens is 470 g/mol. The monoisotopic (exact) mass is 503 g/mol. The molecule has 2 amide bonds. The molecule has 2 aromatic heterocycles. The summed E-state index contributed by atoms with van der Waals surface area (Å²) in [6.45, 7) is 3.53. The molecule has 8 heteroatoms. The van der Waals surface area contributed by atoms with Crippen LogP contribution in [0.4, 0.5) is 11.4 Å². The number of benzene rings is 1. The summed E-state index contributed by atoms with van der Waals surface area (Å²) in [5.74, 6) is 0.327. The molecular formula is C28H33N5O2S. The first-order valence-corrected chi connectivity index (χ1v) is 13.8. The summed E-state index contributed by atoms with van der Waals surface area (Å²) in [4.78, 5) is 38.8. The summed E-state index contributed by atoms with van der Waals surface area (Å²) in [7, 11) is 0. The van der Waals surface area contributed by atoms with E-state index in [0.717, 1.165) is 67.4 Å². The highest BCUT2D eigenvalue weighted by Gasteiger charge is 2.26. The maximum atomic E-state index is 13.0. The van der Waals surface area contributed by atoms with Crippen LogP contribution in [0.1, 0.15) is 65.5 Å². The minimum atomic E-state index is -0.162. The predicted octanol–water partition coefficient (Wildman–Crippen LogP) is 5.12. The van der Waals surface area contributed by atoms with Crippen molar-refractivity contribution in [3.05, 3.63) is 70.4 Å². The SMILES string of the molecule is O=C(Nc1ccccc1N1CCCCC1)c1csc(C2CCN(C(=O)CCc3cccnc3)CC2)n1. The van der Waals surface area contributed by atoms with Gasteiger partial charge in [-0.1, -0.05) is 18.2 Å². The summed E-state index contributed by atoms with van der Waals surface area (Å²) < 4.78 is 0. The molecule has 0 radical (unpaired) electrons. The molecule has 7 nitrogen and oxygen atoms in total. The topological polar surface area (TPSA) is 78.4 Å². The van der Waals surface area contributed by atoms with Crippen LogP contribution < -0.4 is 10.2 Å². The second kappa shape index (κ2) is 11.6.